The number of aliphatic hydroxyl groups is 1. The van der Waals surface area contributed by atoms with E-state index in [9.17, 15) is 5.11 Å². The predicted octanol–water partition coefficient (Wildman–Crippen LogP) is 4.14. The van der Waals surface area contributed by atoms with Gasteiger partial charge < -0.3 is 15.2 Å². The average Bonchev–Trinajstić information content (AvgIpc) is 2.51. The minimum Gasteiger partial charge on any atom is -0.394 e. The highest BCUT2D eigenvalue weighted by molar-refractivity contribution is 4.81. The van der Waals surface area contributed by atoms with E-state index in [1.807, 2.05) is 0 Å². The molecule has 0 radical (unpaired) electrons. The van der Waals surface area contributed by atoms with Crippen molar-refractivity contribution >= 4 is 0 Å². The maximum Gasteiger partial charge on any atom is 0.0610 e. The van der Waals surface area contributed by atoms with Gasteiger partial charge >= 0.3 is 0 Å². The van der Waals surface area contributed by atoms with Gasteiger partial charge in [-0.1, -0.05) is 40.0 Å². The fourth-order valence-electron chi connectivity index (χ4n) is 2.52. The van der Waals surface area contributed by atoms with Gasteiger partial charge in [-0.05, 0) is 51.5 Å². The molecule has 0 aliphatic carbocycles. The van der Waals surface area contributed by atoms with Crippen LogP contribution in [0.1, 0.15) is 79.1 Å². The lowest BCUT2D eigenvalue weighted by Gasteiger charge is -2.28. The molecule has 0 fully saturated rings. The van der Waals surface area contributed by atoms with E-state index in [-0.39, 0.29) is 12.1 Å². The third kappa shape index (κ3) is 11.1. The Bertz CT molecular complexity index is 223. The first-order valence-corrected chi connectivity index (χ1v) is 9.05. The van der Waals surface area contributed by atoms with Crippen LogP contribution >= 0.6 is 0 Å². The topological polar surface area (TPSA) is 41.5 Å². The smallest absolute Gasteiger partial charge is 0.0610 e. The number of ether oxygens (including phenoxy) is 1. The maximum atomic E-state index is 9.51. The van der Waals surface area contributed by atoms with Crippen molar-refractivity contribution in [3.8, 4) is 0 Å². The third-order valence-electron chi connectivity index (χ3n) is 4.31. The van der Waals surface area contributed by atoms with Gasteiger partial charge in [0, 0.05) is 18.8 Å². The number of rotatable bonds is 15. The molecule has 3 heteroatoms. The first-order chi connectivity index (χ1) is 10.1. The van der Waals surface area contributed by atoms with Gasteiger partial charge in [-0.2, -0.15) is 0 Å². The highest BCUT2D eigenvalue weighted by atomic mass is 16.5. The first-order valence-electron chi connectivity index (χ1n) is 9.05. The molecule has 0 saturated carbocycles. The monoisotopic (exact) mass is 301 g/mol. The second-order valence-electron chi connectivity index (χ2n) is 6.59. The van der Waals surface area contributed by atoms with E-state index < -0.39 is 0 Å². The predicted molar refractivity (Wildman–Crippen MR) is 91.8 cm³/mol. The molecule has 3 nitrogen and oxygen atoms in total. The molecule has 0 aliphatic rings. The van der Waals surface area contributed by atoms with Gasteiger partial charge in [-0.3, -0.25) is 0 Å². The molecule has 0 bridgehead atoms. The van der Waals surface area contributed by atoms with Gasteiger partial charge in [0.05, 0.1) is 6.61 Å². The molecule has 0 heterocycles. The van der Waals surface area contributed by atoms with Gasteiger partial charge in [-0.15, -0.1) is 0 Å². The molecule has 0 amide bonds. The van der Waals surface area contributed by atoms with Crippen molar-refractivity contribution in [3.05, 3.63) is 0 Å². The summed E-state index contributed by atoms with van der Waals surface area (Å²) in [4.78, 5) is 0. The van der Waals surface area contributed by atoms with Crippen LogP contribution in [0.4, 0.5) is 0 Å². The highest BCUT2D eigenvalue weighted by Crippen LogP contribution is 2.15. The summed E-state index contributed by atoms with van der Waals surface area (Å²) in [6, 6.07) is 0. The van der Waals surface area contributed by atoms with Crippen LogP contribution in [0.3, 0.4) is 0 Å². The van der Waals surface area contributed by atoms with Gasteiger partial charge in [0.1, 0.15) is 0 Å². The number of unbranched alkanes of at least 4 members (excludes halogenated alkanes) is 2. The van der Waals surface area contributed by atoms with E-state index in [2.05, 4.69) is 33.0 Å². The van der Waals surface area contributed by atoms with Crippen LogP contribution in [-0.4, -0.2) is 37.0 Å². The number of hydrogen-bond acceptors (Lipinski definition) is 3. The minimum atomic E-state index is -0.122. The van der Waals surface area contributed by atoms with E-state index in [1.165, 1.54) is 25.7 Å². The van der Waals surface area contributed by atoms with Crippen LogP contribution in [0.25, 0.3) is 0 Å². The average molecular weight is 302 g/mol. The summed E-state index contributed by atoms with van der Waals surface area (Å²) in [7, 11) is 0. The number of nitrogens with one attached hydrogen (secondary N) is 1. The summed E-state index contributed by atoms with van der Waals surface area (Å²) < 4.78 is 5.83. The van der Waals surface area contributed by atoms with Crippen molar-refractivity contribution in [2.75, 3.05) is 26.4 Å². The molecule has 0 spiro atoms. The molecule has 0 saturated heterocycles. The van der Waals surface area contributed by atoms with Crippen LogP contribution in [0.2, 0.25) is 0 Å². The van der Waals surface area contributed by atoms with Crippen LogP contribution in [-0.2, 0) is 4.74 Å². The summed E-state index contributed by atoms with van der Waals surface area (Å²) in [5, 5.41) is 13.0. The standard InChI is InChI=1S/C18H39NO2/c1-5-8-11-17(7-3)15-21-14-10-9-12-18(4,16-20)19-13-6-2/h17,19-20H,5-16H2,1-4H3. The molecular formula is C18H39NO2. The van der Waals surface area contributed by atoms with Gasteiger partial charge in [0.2, 0.25) is 0 Å². The molecular weight excluding hydrogens is 262 g/mol. The third-order valence-corrected chi connectivity index (χ3v) is 4.31. The molecule has 0 rings (SSSR count). The van der Waals surface area contributed by atoms with E-state index in [1.54, 1.807) is 0 Å². The van der Waals surface area contributed by atoms with Crippen molar-refractivity contribution in [1.82, 2.24) is 5.32 Å². The normalized spacial score (nSPS) is 15.9. The van der Waals surface area contributed by atoms with Crippen LogP contribution in [0, 0.1) is 5.92 Å². The molecule has 2 unspecified atom stereocenters. The lowest BCUT2D eigenvalue weighted by Crippen LogP contribution is -2.46. The Hall–Kier alpha value is -0.120. The summed E-state index contributed by atoms with van der Waals surface area (Å²) in [6.07, 6.45) is 9.45. The Kier molecular flexibility index (Phi) is 13.5. The number of aliphatic hydroxyl groups excluding tert-OH is 1. The second-order valence-corrected chi connectivity index (χ2v) is 6.59. The SMILES string of the molecule is CCCCC(CC)COCCCCC(C)(CO)NCCC. The van der Waals surface area contributed by atoms with E-state index in [0.29, 0.717) is 0 Å². The highest BCUT2D eigenvalue weighted by Gasteiger charge is 2.21. The summed E-state index contributed by atoms with van der Waals surface area (Å²) in [6.45, 7) is 11.7. The van der Waals surface area contributed by atoms with Crippen molar-refractivity contribution in [1.29, 1.82) is 0 Å². The zero-order valence-corrected chi connectivity index (χ0v) is 14.9. The van der Waals surface area contributed by atoms with Gasteiger partial charge in [0.15, 0.2) is 0 Å². The zero-order valence-electron chi connectivity index (χ0n) is 14.9. The van der Waals surface area contributed by atoms with Crippen molar-refractivity contribution in [2.45, 2.75) is 84.6 Å². The Labute approximate surface area is 132 Å². The van der Waals surface area contributed by atoms with Crippen molar-refractivity contribution in [3.63, 3.8) is 0 Å². The molecule has 2 atom stereocenters. The van der Waals surface area contributed by atoms with Crippen LogP contribution in [0.5, 0.6) is 0 Å². The molecule has 0 aromatic carbocycles. The van der Waals surface area contributed by atoms with Crippen LogP contribution in [0.15, 0.2) is 0 Å². The summed E-state index contributed by atoms with van der Waals surface area (Å²) >= 11 is 0. The van der Waals surface area contributed by atoms with E-state index >= 15 is 0 Å². The van der Waals surface area contributed by atoms with Gasteiger partial charge in [-0.25, -0.2) is 0 Å². The maximum absolute atomic E-state index is 9.51. The lowest BCUT2D eigenvalue weighted by molar-refractivity contribution is 0.0876. The zero-order chi connectivity index (χ0) is 16.0. The van der Waals surface area contributed by atoms with E-state index in [0.717, 1.165) is 51.4 Å². The quantitative estimate of drug-likeness (QED) is 0.447. The molecule has 128 valence electrons. The second kappa shape index (κ2) is 13.5. The Morgan fingerprint density at radius 1 is 1.10 bits per heavy atom. The van der Waals surface area contributed by atoms with Crippen molar-refractivity contribution in [2.24, 2.45) is 5.92 Å². The van der Waals surface area contributed by atoms with E-state index in [4.69, 9.17) is 4.74 Å². The largest absolute Gasteiger partial charge is 0.394 e. The Morgan fingerprint density at radius 2 is 1.86 bits per heavy atom. The molecule has 0 aromatic heterocycles. The fourth-order valence-corrected chi connectivity index (χ4v) is 2.52. The van der Waals surface area contributed by atoms with Crippen molar-refractivity contribution < 1.29 is 9.84 Å². The fraction of sp³-hybridized carbons (Fsp3) is 1.00. The molecule has 0 aliphatic heterocycles. The minimum absolute atomic E-state index is 0.122. The Balaban J connectivity index is 3.65. The molecule has 21 heavy (non-hydrogen) atoms. The van der Waals surface area contributed by atoms with Crippen LogP contribution < -0.4 is 5.32 Å². The summed E-state index contributed by atoms with van der Waals surface area (Å²) in [5.41, 5.74) is -0.122. The Morgan fingerprint density at radius 3 is 2.43 bits per heavy atom. The lowest BCUT2D eigenvalue weighted by atomic mass is 9.95. The van der Waals surface area contributed by atoms with Gasteiger partial charge in [0.25, 0.3) is 0 Å². The first kappa shape index (κ1) is 20.9. The molecule has 2 N–H and O–H groups in total. The summed E-state index contributed by atoms with van der Waals surface area (Å²) in [5.74, 6) is 0.735. The molecule has 0 aromatic rings. The number of hydrogen-bond donors (Lipinski definition) is 2.